The summed E-state index contributed by atoms with van der Waals surface area (Å²) in [6.07, 6.45) is 0.562. The molecule has 4 rings (SSSR count). The Morgan fingerprint density at radius 2 is 2.08 bits per heavy atom. The van der Waals surface area contributed by atoms with Gasteiger partial charge in [0.1, 0.15) is 17.4 Å². The number of carbonyl (C=O) groups excluding carboxylic acids is 1. The third kappa shape index (κ3) is 2.93. The highest BCUT2D eigenvalue weighted by atomic mass is 19.1. The van der Waals surface area contributed by atoms with Gasteiger partial charge in [-0.2, -0.15) is 0 Å². The predicted octanol–water partition coefficient (Wildman–Crippen LogP) is 2.88. The molecule has 25 heavy (non-hydrogen) atoms. The maximum Gasteiger partial charge on any atom is 0.354 e. The fraction of sp³-hybridized carbons (Fsp3) is 0.176. The largest absolute Gasteiger partial charge is 0.477 e. The van der Waals surface area contributed by atoms with E-state index in [0.29, 0.717) is 22.4 Å². The van der Waals surface area contributed by atoms with Crippen LogP contribution in [0.2, 0.25) is 0 Å². The minimum absolute atomic E-state index is 0.113. The maximum atomic E-state index is 12.9. The summed E-state index contributed by atoms with van der Waals surface area (Å²) in [5, 5.41) is 11.6. The quantitative estimate of drug-likeness (QED) is 0.756. The Labute approximate surface area is 140 Å². The van der Waals surface area contributed by atoms with Crippen molar-refractivity contribution in [2.75, 3.05) is 5.32 Å². The van der Waals surface area contributed by atoms with Crippen LogP contribution in [-0.4, -0.2) is 33.1 Å². The molecule has 0 bridgehead atoms. The number of halogens is 1. The van der Waals surface area contributed by atoms with Crippen molar-refractivity contribution in [3.05, 3.63) is 42.2 Å². The number of alkyl halides is 1. The van der Waals surface area contributed by atoms with E-state index in [-0.39, 0.29) is 23.9 Å². The van der Waals surface area contributed by atoms with Crippen molar-refractivity contribution in [1.82, 2.24) is 9.97 Å². The summed E-state index contributed by atoms with van der Waals surface area (Å²) in [4.78, 5) is 30.8. The van der Waals surface area contributed by atoms with Gasteiger partial charge >= 0.3 is 5.97 Å². The number of amides is 1. The maximum absolute atomic E-state index is 12.9. The van der Waals surface area contributed by atoms with E-state index in [1.54, 1.807) is 24.3 Å². The van der Waals surface area contributed by atoms with Gasteiger partial charge in [-0.25, -0.2) is 19.2 Å². The number of aromatic nitrogens is 2. The Morgan fingerprint density at radius 1 is 1.28 bits per heavy atom. The van der Waals surface area contributed by atoms with Crippen LogP contribution < -0.4 is 5.32 Å². The molecule has 0 unspecified atom stereocenters. The highest BCUT2D eigenvalue weighted by Gasteiger charge is 2.43. The van der Waals surface area contributed by atoms with Crippen LogP contribution in [0.5, 0.6) is 0 Å². The highest BCUT2D eigenvalue weighted by Crippen LogP contribution is 2.35. The molecule has 1 aromatic carbocycles. The molecule has 1 aliphatic carbocycles. The predicted molar refractivity (Wildman–Crippen MR) is 85.8 cm³/mol. The van der Waals surface area contributed by atoms with Gasteiger partial charge in [0.25, 0.3) is 0 Å². The van der Waals surface area contributed by atoms with Crippen LogP contribution in [0.1, 0.15) is 16.9 Å². The number of nitrogens with zero attached hydrogens (tertiary/aromatic N) is 2. The van der Waals surface area contributed by atoms with E-state index in [2.05, 4.69) is 15.3 Å². The van der Waals surface area contributed by atoms with E-state index in [9.17, 15) is 14.0 Å². The number of fused-ring (bicyclic) bond motifs is 1. The second kappa shape index (κ2) is 5.66. The fourth-order valence-electron chi connectivity index (χ4n) is 2.48. The Balaban J connectivity index is 1.63. The second-order valence-corrected chi connectivity index (χ2v) is 5.78. The Hall–Kier alpha value is -3.29. The number of nitrogens with one attached hydrogen (secondary N) is 1. The van der Waals surface area contributed by atoms with Crippen molar-refractivity contribution >= 4 is 28.7 Å². The number of anilines is 1. The van der Waals surface area contributed by atoms with Crippen molar-refractivity contribution in [3.8, 4) is 11.5 Å². The van der Waals surface area contributed by atoms with Crippen molar-refractivity contribution in [1.29, 1.82) is 0 Å². The van der Waals surface area contributed by atoms with E-state index in [1.807, 2.05) is 0 Å². The molecule has 1 fully saturated rings. The monoisotopic (exact) mass is 341 g/mol. The van der Waals surface area contributed by atoms with Gasteiger partial charge in [0.2, 0.25) is 11.8 Å². The van der Waals surface area contributed by atoms with Gasteiger partial charge < -0.3 is 14.8 Å². The van der Waals surface area contributed by atoms with Gasteiger partial charge in [0, 0.05) is 23.5 Å². The fourth-order valence-corrected chi connectivity index (χ4v) is 2.48. The number of carboxylic acid groups (broad SMARTS) is 1. The number of carbonyl (C=O) groups is 2. The zero-order chi connectivity index (χ0) is 17.6. The molecule has 8 heteroatoms. The molecule has 126 valence electrons. The lowest BCUT2D eigenvalue weighted by Crippen LogP contribution is -2.14. The topological polar surface area (TPSA) is 105 Å². The Kier molecular flexibility index (Phi) is 3.45. The lowest BCUT2D eigenvalue weighted by Gasteiger charge is -2.02. The molecule has 2 heterocycles. The first-order valence-electron chi connectivity index (χ1n) is 7.56. The number of hydrogen-bond acceptors (Lipinski definition) is 5. The van der Waals surface area contributed by atoms with E-state index < -0.39 is 18.1 Å². The SMILES string of the molecule is O=C(O)c1cc(-c2nc3ccc(NC(=O)[C@@H]4C[C@@H]4F)cc3o2)ccn1. The molecule has 1 aliphatic rings. The average molecular weight is 341 g/mol. The number of oxazole rings is 1. The van der Waals surface area contributed by atoms with E-state index in [0.717, 1.165) is 0 Å². The summed E-state index contributed by atoms with van der Waals surface area (Å²) >= 11 is 0. The molecule has 2 N–H and O–H groups in total. The molecule has 1 saturated carbocycles. The summed E-state index contributed by atoms with van der Waals surface area (Å²) in [5.74, 6) is -1.83. The minimum atomic E-state index is -1.14. The van der Waals surface area contributed by atoms with Crippen LogP contribution >= 0.6 is 0 Å². The van der Waals surface area contributed by atoms with Gasteiger partial charge in [-0.1, -0.05) is 0 Å². The van der Waals surface area contributed by atoms with Crippen LogP contribution in [0.3, 0.4) is 0 Å². The van der Waals surface area contributed by atoms with Gasteiger partial charge in [0.15, 0.2) is 5.58 Å². The molecule has 1 amide bonds. The van der Waals surface area contributed by atoms with Gasteiger partial charge in [-0.3, -0.25) is 4.79 Å². The molecule has 0 aliphatic heterocycles. The summed E-state index contributed by atoms with van der Waals surface area (Å²) in [7, 11) is 0. The van der Waals surface area contributed by atoms with E-state index in [4.69, 9.17) is 9.52 Å². The van der Waals surface area contributed by atoms with Crippen LogP contribution in [0.25, 0.3) is 22.6 Å². The summed E-state index contributed by atoms with van der Waals surface area (Å²) < 4.78 is 18.6. The Bertz CT molecular complexity index is 1000. The van der Waals surface area contributed by atoms with Crippen LogP contribution in [0.4, 0.5) is 10.1 Å². The van der Waals surface area contributed by atoms with Crippen molar-refractivity contribution < 1.29 is 23.5 Å². The van der Waals surface area contributed by atoms with Crippen molar-refractivity contribution in [2.24, 2.45) is 5.92 Å². The Morgan fingerprint density at radius 3 is 2.80 bits per heavy atom. The molecule has 0 radical (unpaired) electrons. The standard InChI is InChI=1S/C17H12FN3O4/c18-11-7-10(11)15(22)20-9-1-2-12-14(6-9)25-16(21-12)8-3-4-19-13(5-8)17(23)24/h1-6,10-11H,7H2,(H,20,22)(H,23,24)/t10-,11+/m1/s1. The minimum Gasteiger partial charge on any atom is -0.477 e. The van der Waals surface area contributed by atoms with E-state index in [1.165, 1.54) is 12.3 Å². The third-order valence-electron chi connectivity index (χ3n) is 3.93. The molecule has 0 saturated heterocycles. The number of rotatable bonds is 4. The second-order valence-electron chi connectivity index (χ2n) is 5.78. The van der Waals surface area contributed by atoms with Crippen molar-refractivity contribution in [3.63, 3.8) is 0 Å². The third-order valence-corrected chi connectivity index (χ3v) is 3.93. The van der Waals surface area contributed by atoms with Gasteiger partial charge in [-0.15, -0.1) is 0 Å². The molecule has 0 spiro atoms. The zero-order valence-electron chi connectivity index (χ0n) is 12.8. The number of carboxylic acids is 1. The van der Waals surface area contributed by atoms with E-state index >= 15 is 0 Å². The first kappa shape index (κ1) is 15.3. The number of pyridine rings is 1. The number of aromatic carboxylic acids is 1. The van der Waals surface area contributed by atoms with Crippen molar-refractivity contribution in [2.45, 2.75) is 12.6 Å². The number of hydrogen-bond donors (Lipinski definition) is 2. The molecular formula is C17H12FN3O4. The zero-order valence-corrected chi connectivity index (χ0v) is 12.8. The van der Waals surface area contributed by atoms with Gasteiger partial charge in [-0.05, 0) is 30.7 Å². The molecule has 3 aromatic rings. The molecule has 7 nitrogen and oxygen atoms in total. The first-order chi connectivity index (χ1) is 12.0. The normalized spacial score (nSPS) is 18.9. The molecule has 2 atom stereocenters. The number of benzene rings is 1. The van der Waals surface area contributed by atoms with Crippen LogP contribution in [0.15, 0.2) is 40.9 Å². The van der Waals surface area contributed by atoms with Crippen LogP contribution in [0, 0.1) is 5.92 Å². The lowest BCUT2D eigenvalue weighted by molar-refractivity contribution is -0.117. The first-order valence-corrected chi connectivity index (χ1v) is 7.56. The van der Waals surface area contributed by atoms with Gasteiger partial charge in [0.05, 0.1) is 5.92 Å². The molecule has 2 aromatic heterocycles. The summed E-state index contributed by atoms with van der Waals surface area (Å²) in [6, 6.07) is 7.87. The summed E-state index contributed by atoms with van der Waals surface area (Å²) in [5.41, 5.74) is 1.83. The average Bonchev–Trinajstić information content (AvgIpc) is 3.18. The van der Waals surface area contributed by atoms with Crippen LogP contribution in [-0.2, 0) is 4.79 Å². The molecular weight excluding hydrogens is 329 g/mol. The lowest BCUT2D eigenvalue weighted by atomic mass is 10.2. The smallest absolute Gasteiger partial charge is 0.354 e. The summed E-state index contributed by atoms with van der Waals surface area (Å²) in [6.45, 7) is 0. The highest BCUT2D eigenvalue weighted by molar-refractivity contribution is 5.96.